The molecule has 61 heavy (non-hydrogen) atoms. The fourth-order valence-corrected chi connectivity index (χ4v) is 8.56. The van der Waals surface area contributed by atoms with Crippen LogP contribution in [0, 0.1) is 27.7 Å². The minimum absolute atomic E-state index is 0.0427. The first-order valence-electron chi connectivity index (χ1n) is 19.8. The Labute approximate surface area is 347 Å². The van der Waals surface area contributed by atoms with Gasteiger partial charge in [0.2, 0.25) is 0 Å². The molecule has 302 valence electrons. The molecule has 0 amide bonds. The molecular weight excluding hydrogens is 783 g/mol. The molecule has 0 unspecified atom stereocenters. The number of hydrogen-bond donors (Lipinski definition) is 2. The fraction of sp³-hybridized carbons (Fsp3) is 0.137. The van der Waals surface area contributed by atoms with E-state index in [0.717, 1.165) is 33.4 Å². The number of aromatic amines is 2. The first kappa shape index (κ1) is 38.3. The molecule has 5 heterocycles. The van der Waals surface area contributed by atoms with Crippen molar-refractivity contribution in [3.05, 3.63) is 166 Å². The van der Waals surface area contributed by atoms with Gasteiger partial charge in [-0.25, -0.2) is 9.97 Å². The van der Waals surface area contributed by atoms with Gasteiger partial charge in [-0.05, 0) is 86.4 Å². The summed E-state index contributed by atoms with van der Waals surface area (Å²) in [5.74, 6) is -16.4. The Bertz CT molecular complexity index is 3170. The van der Waals surface area contributed by atoms with Crippen LogP contribution in [0.3, 0.4) is 0 Å². The molecule has 7 aromatic rings. The van der Waals surface area contributed by atoms with Crippen molar-refractivity contribution in [2.45, 2.75) is 45.5 Å². The molecule has 4 aromatic carbocycles. The van der Waals surface area contributed by atoms with Gasteiger partial charge < -0.3 is 9.97 Å². The van der Waals surface area contributed by atoms with Crippen molar-refractivity contribution >= 4 is 45.4 Å². The largest absolute Gasteiger partial charge is 0.380 e. The third kappa shape index (κ3) is 5.83. The summed E-state index contributed by atoms with van der Waals surface area (Å²) in [4.78, 5) is 16.8. The van der Waals surface area contributed by atoms with E-state index >= 15 is 26.3 Å². The summed E-state index contributed by atoms with van der Waals surface area (Å²) >= 11 is 0. The van der Waals surface area contributed by atoms with Crippen molar-refractivity contribution in [2.75, 3.05) is 0 Å². The summed E-state index contributed by atoms with van der Waals surface area (Å²) in [6, 6.07) is 36.5. The molecule has 2 aliphatic heterocycles. The summed E-state index contributed by atoms with van der Waals surface area (Å²) in [5, 5.41) is 0. The zero-order valence-corrected chi connectivity index (χ0v) is 33.4. The number of alkyl halides is 6. The van der Waals surface area contributed by atoms with Gasteiger partial charge in [0.25, 0.3) is 0 Å². The highest BCUT2D eigenvalue weighted by molar-refractivity contribution is 6.10. The number of H-pyrrole nitrogens is 2. The van der Waals surface area contributed by atoms with Crippen LogP contribution < -0.4 is 0 Å². The molecule has 8 bridgehead atoms. The number of allylic oxidation sites excluding steroid dienone is 2. The Balaban J connectivity index is 1.47. The molecular formula is C51H36F6N4. The van der Waals surface area contributed by atoms with E-state index in [1.165, 1.54) is 0 Å². The molecule has 4 nitrogen and oxygen atoms in total. The third-order valence-corrected chi connectivity index (χ3v) is 11.8. The van der Waals surface area contributed by atoms with Crippen LogP contribution in [0.1, 0.15) is 45.0 Å². The van der Waals surface area contributed by atoms with Crippen LogP contribution in [0.15, 0.2) is 121 Å². The number of nitrogens with one attached hydrogen (secondary N) is 2. The SMILES string of the molecule is Cc1ccc(-c2c3nc(c(-c4ccc(C)cc4)c4ccc([nH]4)c(-c4ccc(C)cc4)c4ccc([nH]4)c(-c4ccc(C)cc4)c4nc2C2=C4C(F)(F)C(F)(F)C2(F)F)C=C3)cc1. The highest BCUT2D eigenvalue weighted by Gasteiger charge is 2.82. The molecule has 10 rings (SSSR count). The molecule has 0 spiro atoms. The van der Waals surface area contributed by atoms with Gasteiger partial charge in [-0.2, -0.15) is 26.3 Å². The van der Waals surface area contributed by atoms with E-state index in [9.17, 15) is 0 Å². The predicted molar refractivity (Wildman–Crippen MR) is 232 cm³/mol. The number of halogens is 6. The molecule has 1 aliphatic carbocycles. The monoisotopic (exact) mass is 818 g/mol. The van der Waals surface area contributed by atoms with E-state index in [1.807, 2.05) is 88.4 Å². The number of nitrogens with zero attached hydrogens (tertiary/aromatic N) is 2. The van der Waals surface area contributed by atoms with Crippen LogP contribution in [0.5, 0.6) is 0 Å². The van der Waals surface area contributed by atoms with Crippen molar-refractivity contribution < 1.29 is 26.3 Å². The Kier molecular flexibility index (Phi) is 8.50. The van der Waals surface area contributed by atoms with E-state index in [2.05, 4.69) is 15.0 Å². The Hall–Kier alpha value is -6.94. The lowest BCUT2D eigenvalue weighted by Crippen LogP contribution is -2.49. The molecule has 0 saturated heterocycles. The zero-order valence-electron chi connectivity index (χ0n) is 33.4. The average molecular weight is 819 g/mol. The normalized spacial score (nSPS) is 16.0. The van der Waals surface area contributed by atoms with E-state index in [-0.39, 0.29) is 27.9 Å². The Morgan fingerprint density at radius 3 is 1.10 bits per heavy atom. The number of rotatable bonds is 4. The molecule has 0 fully saturated rings. The highest BCUT2D eigenvalue weighted by atomic mass is 19.3. The van der Waals surface area contributed by atoms with Crippen LogP contribution in [0.2, 0.25) is 0 Å². The van der Waals surface area contributed by atoms with Gasteiger partial charge in [-0.1, -0.05) is 119 Å². The lowest BCUT2D eigenvalue weighted by Gasteiger charge is -2.27. The maximum Gasteiger partial charge on any atom is 0.380 e. The van der Waals surface area contributed by atoms with Gasteiger partial charge in [0.15, 0.2) is 0 Å². The quantitative estimate of drug-likeness (QED) is 0.174. The van der Waals surface area contributed by atoms with E-state index in [4.69, 9.17) is 4.98 Å². The first-order chi connectivity index (χ1) is 29.1. The maximum absolute atomic E-state index is 16.6. The van der Waals surface area contributed by atoms with Gasteiger partial charge in [0.05, 0.1) is 33.9 Å². The minimum atomic E-state index is -5.79. The Morgan fingerprint density at radius 1 is 0.361 bits per heavy atom. The molecule has 10 heteroatoms. The van der Waals surface area contributed by atoms with Crippen LogP contribution in [0.4, 0.5) is 26.3 Å². The number of fused-ring (bicyclic) bond motifs is 10. The lowest BCUT2D eigenvalue weighted by atomic mass is 9.94. The second kappa shape index (κ2) is 13.5. The van der Waals surface area contributed by atoms with Gasteiger partial charge in [-0.15, -0.1) is 0 Å². The van der Waals surface area contributed by atoms with Crippen LogP contribution in [-0.2, 0) is 0 Å². The molecule has 0 atom stereocenters. The smallest absolute Gasteiger partial charge is 0.354 e. The van der Waals surface area contributed by atoms with Crippen molar-refractivity contribution in [1.29, 1.82) is 0 Å². The minimum Gasteiger partial charge on any atom is -0.354 e. The number of aromatic nitrogens is 4. The fourth-order valence-electron chi connectivity index (χ4n) is 8.56. The van der Waals surface area contributed by atoms with Gasteiger partial charge in [0, 0.05) is 44.3 Å². The summed E-state index contributed by atoms with van der Waals surface area (Å²) in [7, 11) is 0. The molecule has 0 saturated carbocycles. The average Bonchev–Trinajstić information content (AvgIpc) is 4.08. The summed E-state index contributed by atoms with van der Waals surface area (Å²) in [6.07, 6.45) is 3.31. The molecule has 3 aliphatic rings. The highest BCUT2D eigenvalue weighted by Crippen LogP contribution is 2.67. The van der Waals surface area contributed by atoms with Crippen molar-refractivity contribution in [3.8, 4) is 44.5 Å². The maximum atomic E-state index is 16.6. The third-order valence-electron chi connectivity index (χ3n) is 11.8. The van der Waals surface area contributed by atoms with Gasteiger partial charge in [-0.3, -0.25) is 0 Å². The Morgan fingerprint density at radius 2 is 0.672 bits per heavy atom. The van der Waals surface area contributed by atoms with E-state index < -0.39 is 40.3 Å². The number of hydrogen-bond acceptors (Lipinski definition) is 2. The van der Waals surface area contributed by atoms with Gasteiger partial charge >= 0.3 is 17.8 Å². The number of aryl methyl sites for hydroxylation is 4. The van der Waals surface area contributed by atoms with E-state index in [0.29, 0.717) is 38.9 Å². The zero-order chi connectivity index (χ0) is 42.6. The van der Waals surface area contributed by atoms with E-state index in [1.54, 1.807) is 72.8 Å². The number of benzene rings is 4. The standard InChI is InChI=1S/C51H36F6N4/c1-27-5-13-31(14-6-27)41-35-21-22-36(58-35)42(32-15-7-28(2)8-16-32)38-24-26-40(60-38)44(34-19-11-30(4)12-20-34)48-46-45(49(52,53)51(56,57)50(46,54)55)47(61-48)43(39-25-23-37(41)59-39)33-17-9-29(3)10-18-33/h5-26,58-59H,1-4H3. The van der Waals surface area contributed by atoms with Crippen LogP contribution in [-0.4, -0.2) is 37.7 Å². The summed E-state index contributed by atoms with van der Waals surface area (Å²) < 4.78 is 98.2. The summed E-state index contributed by atoms with van der Waals surface area (Å²) in [6.45, 7) is 7.62. The van der Waals surface area contributed by atoms with Crippen LogP contribution >= 0.6 is 0 Å². The van der Waals surface area contributed by atoms with Crippen LogP contribution in [0.25, 0.3) is 89.9 Å². The van der Waals surface area contributed by atoms with Crippen molar-refractivity contribution in [3.63, 3.8) is 0 Å². The van der Waals surface area contributed by atoms with Crippen molar-refractivity contribution in [1.82, 2.24) is 19.9 Å². The molecule has 2 N–H and O–H groups in total. The lowest BCUT2D eigenvalue weighted by molar-refractivity contribution is -0.254. The topological polar surface area (TPSA) is 57.4 Å². The predicted octanol–water partition coefficient (Wildman–Crippen LogP) is 14.2. The van der Waals surface area contributed by atoms with Crippen molar-refractivity contribution in [2.24, 2.45) is 0 Å². The molecule has 0 radical (unpaired) electrons. The molecule has 3 aromatic heterocycles. The van der Waals surface area contributed by atoms with Gasteiger partial charge in [0.1, 0.15) is 0 Å². The second-order valence-corrected chi connectivity index (χ2v) is 16.0. The first-order valence-corrected chi connectivity index (χ1v) is 19.8. The second-order valence-electron chi connectivity index (χ2n) is 16.0. The summed E-state index contributed by atoms with van der Waals surface area (Å²) in [5.41, 5.74) is 5.42.